The molecule has 80 valence electrons. The number of benzene rings is 1. The first kappa shape index (κ1) is 9.70. The number of anilines is 1. The van der Waals surface area contributed by atoms with Gasteiger partial charge in [-0.15, -0.1) is 0 Å². The molecule has 0 spiro atoms. The second kappa shape index (κ2) is 3.38. The van der Waals surface area contributed by atoms with Gasteiger partial charge in [0.25, 0.3) is 5.69 Å². The lowest BCUT2D eigenvalue weighted by Crippen LogP contribution is -2.28. The van der Waals surface area contributed by atoms with E-state index in [0.717, 1.165) is 12.1 Å². The molecule has 1 aromatic carbocycles. The van der Waals surface area contributed by atoms with Crippen molar-refractivity contribution in [2.24, 2.45) is 0 Å². The first-order chi connectivity index (χ1) is 7.08. The van der Waals surface area contributed by atoms with Crippen molar-refractivity contribution < 1.29 is 14.1 Å². The van der Waals surface area contributed by atoms with Gasteiger partial charge in [0.1, 0.15) is 12.4 Å². The topological polar surface area (TPSA) is 64.4 Å². The van der Waals surface area contributed by atoms with Crippen molar-refractivity contribution in [1.29, 1.82) is 0 Å². The molecule has 0 saturated carbocycles. The summed E-state index contributed by atoms with van der Waals surface area (Å²) >= 11 is 0. The Morgan fingerprint density at radius 1 is 1.67 bits per heavy atom. The third kappa shape index (κ3) is 1.70. The molecule has 15 heavy (non-hydrogen) atoms. The molecule has 0 aromatic heterocycles. The fourth-order valence-corrected chi connectivity index (χ4v) is 1.47. The van der Waals surface area contributed by atoms with Crippen LogP contribution >= 0.6 is 0 Å². The highest BCUT2D eigenvalue weighted by atomic mass is 19.1. The molecule has 6 heteroatoms. The molecule has 0 amide bonds. The summed E-state index contributed by atoms with van der Waals surface area (Å²) in [5.74, 6) is -0.475. The largest absolute Gasteiger partial charge is 0.489 e. The monoisotopic (exact) mass is 212 g/mol. The predicted octanol–water partition coefficient (Wildman–Crippen LogP) is 1.93. The van der Waals surface area contributed by atoms with Crippen LogP contribution in [0.25, 0.3) is 0 Å². The van der Waals surface area contributed by atoms with Gasteiger partial charge in [0, 0.05) is 6.07 Å². The fraction of sp³-hybridized carbons (Fsp3) is 0.333. The van der Waals surface area contributed by atoms with E-state index in [0.29, 0.717) is 6.61 Å². The van der Waals surface area contributed by atoms with Crippen molar-refractivity contribution in [3.8, 4) is 5.75 Å². The Balaban J connectivity index is 2.55. The number of nitrogens with zero attached hydrogens (tertiary/aromatic N) is 1. The summed E-state index contributed by atoms with van der Waals surface area (Å²) in [4.78, 5) is 10.0. The van der Waals surface area contributed by atoms with E-state index in [9.17, 15) is 14.5 Å². The Morgan fingerprint density at radius 2 is 2.40 bits per heavy atom. The number of rotatable bonds is 1. The summed E-state index contributed by atoms with van der Waals surface area (Å²) in [7, 11) is 0. The molecule has 5 nitrogen and oxygen atoms in total. The number of nitro benzene ring substituents is 1. The average Bonchev–Trinajstić information content (AvgIpc) is 2.17. The summed E-state index contributed by atoms with van der Waals surface area (Å²) in [6.07, 6.45) is 0. The van der Waals surface area contributed by atoms with Gasteiger partial charge in [0.05, 0.1) is 17.0 Å². The molecule has 1 atom stereocenters. The average molecular weight is 212 g/mol. The molecule has 2 rings (SSSR count). The number of hydrogen-bond donors (Lipinski definition) is 1. The Kier molecular flexibility index (Phi) is 2.18. The standard InChI is InChI=1S/C9H9FN2O3/c1-5-4-15-8-3-6(10)2-7(12(13)14)9(8)11-5/h2-3,5,11H,4H2,1H3. The number of nitro groups is 1. The number of ether oxygens (including phenoxy) is 1. The molecule has 0 saturated heterocycles. The van der Waals surface area contributed by atoms with Gasteiger partial charge < -0.3 is 10.1 Å². The van der Waals surface area contributed by atoms with Gasteiger partial charge in [-0.2, -0.15) is 0 Å². The lowest BCUT2D eigenvalue weighted by molar-refractivity contribution is -0.384. The first-order valence-corrected chi connectivity index (χ1v) is 4.45. The first-order valence-electron chi connectivity index (χ1n) is 4.45. The second-order valence-electron chi connectivity index (χ2n) is 3.41. The van der Waals surface area contributed by atoms with Crippen molar-refractivity contribution >= 4 is 11.4 Å². The van der Waals surface area contributed by atoms with Crippen molar-refractivity contribution in [2.45, 2.75) is 13.0 Å². The second-order valence-corrected chi connectivity index (χ2v) is 3.41. The lowest BCUT2D eigenvalue weighted by atomic mass is 10.2. The molecular formula is C9H9FN2O3. The molecule has 1 aliphatic heterocycles. The van der Waals surface area contributed by atoms with Gasteiger partial charge in [-0.3, -0.25) is 10.1 Å². The Labute approximate surface area is 85.0 Å². The van der Waals surface area contributed by atoms with Crippen LogP contribution in [0, 0.1) is 15.9 Å². The zero-order valence-corrected chi connectivity index (χ0v) is 7.99. The van der Waals surface area contributed by atoms with Gasteiger partial charge in [-0.1, -0.05) is 0 Å². The minimum absolute atomic E-state index is 0.0262. The normalized spacial score (nSPS) is 18.7. The molecule has 0 aliphatic carbocycles. The Bertz CT molecular complexity index is 422. The van der Waals surface area contributed by atoms with E-state index in [1.165, 1.54) is 0 Å². The summed E-state index contributed by atoms with van der Waals surface area (Å²) in [5.41, 5.74) is -0.0447. The van der Waals surface area contributed by atoms with E-state index >= 15 is 0 Å². The summed E-state index contributed by atoms with van der Waals surface area (Å²) in [5, 5.41) is 13.6. The van der Waals surface area contributed by atoms with Gasteiger partial charge >= 0.3 is 0 Å². The molecule has 1 N–H and O–H groups in total. The fourth-order valence-electron chi connectivity index (χ4n) is 1.47. The smallest absolute Gasteiger partial charge is 0.299 e. The van der Waals surface area contributed by atoms with E-state index in [1.807, 2.05) is 6.92 Å². The molecule has 1 heterocycles. The van der Waals surface area contributed by atoms with Crippen LogP contribution in [-0.2, 0) is 0 Å². The predicted molar refractivity (Wildman–Crippen MR) is 51.6 cm³/mol. The van der Waals surface area contributed by atoms with E-state index < -0.39 is 10.7 Å². The van der Waals surface area contributed by atoms with Crippen LogP contribution in [0.1, 0.15) is 6.92 Å². The van der Waals surface area contributed by atoms with Crippen LogP contribution < -0.4 is 10.1 Å². The Morgan fingerprint density at radius 3 is 3.07 bits per heavy atom. The van der Waals surface area contributed by atoms with Crippen LogP contribution in [0.2, 0.25) is 0 Å². The maximum absolute atomic E-state index is 13.0. The zero-order valence-electron chi connectivity index (χ0n) is 7.99. The van der Waals surface area contributed by atoms with Gasteiger partial charge in [-0.25, -0.2) is 4.39 Å². The summed E-state index contributed by atoms with van der Waals surface area (Å²) in [6, 6.07) is 2.00. The zero-order chi connectivity index (χ0) is 11.0. The third-order valence-electron chi connectivity index (χ3n) is 2.12. The quantitative estimate of drug-likeness (QED) is 0.570. The molecular weight excluding hydrogens is 203 g/mol. The highest BCUT2D eigenvalue weighted by Crippen LogP contribution is 2.38. The van der Waals surface area contributed by atoms with Crippen LogP contribution in [0.3, 0.4) is 0 Å². The van der Waals surface area contributed by atoms with Crippen molar-refractivity contribution in [3.63, 3.8) is 0 Å². The van der Waals surface area contributed by atoms with E-state index in [4.69, 9.17) is 4.74 Å². The number of halogens is 1. The van der Waals surface area contributed by atoms with Gasteiger partial charge in [-0.05, 0) is 6.92 Å². The van der Waals surface area contributed by atoms with E-state index in [2.05, 4.69) is 5.32 Å². The highest BCUT2D eigenvalue weighted by molar-refractivity contribution is 5.71. The molecule has 1 aromatic rings. The molecule has 0 bridgehead atoms. The van der Waals surface area contributed by atoms with Crippen molar-refractivity contribution in [3.05, 3.63) is 28.1 Å². The maximum atomic E-state index is 13.0. The molecule has 0 radical (unpaired) electrons. The summed E-state index contributed by atoms with van der Waals surface area (Å²) in [6.45, 7) is 2.20. The SMILES string of the molecule is CC1COc2cc(F)cc([N+](=O)[O-])c2N1. The van der Waals surface area contributed by atoms with Gasteiger partial charge in [0.2, 0.25) is 0 Å². The maximum Gasteiger partial charge on any atom is 0.299 e. The Hall–Kier alpha value is -1.85. The minimum atomic E-state index is -0.670. The molecule has 1 unspecified atom stereocenters. The minimum Gasteiger partial charge on any atom is -0.489 e. The van der Waals surface area contributed by atoms with E-state index in [1.54, 1.807) is 0 Å². The van der Waals surface area contributed by atoms with E-state index in [-0.39, 0.29) is 23.2 Å². The van der Waals surface area contributed by atoms with Crippen LogP contribution in [0.15, 0.2) is 12.1 Å². The van der Waals surface area contributed by atoms with Crippen molar-refractivity contribution in [1.82, 2.24) is 0 Å². The van der Waals surface area contributed by atoms with Gasteiger partial charge in [0.15, 0.2) is 11.4 Å². The van der Waals surface area contributed by atoms with Crippen LogP contribution in [0.5, 0.6) is 5.75 Å². The van der Waals surface area contributed by atoms with Crippen LogP contribution in [-0.4, -0.2) is 17.6 Å². The summed E-state index contributed by atoms with van der Waals surface area (Å²) < 4.78 is 18.2. The number of fused-ring (bicyclic) bond motifs is 1. The van der Waals surface area contributed by atoms with Crippen LogP contribution in [0.4, 0.5) is 15.8 Å². The lowest BCUT2D eigenvalue weighted by Gasteiger charge is -2.24. The third-order valence-corrected chi connectivity index (χ3v) is 2.12. The highest BCUT2D eigenvalue weighted by Gasteiger charge is 2.25. The number of nitrogens with one attached hydrogen (secondary N) is 1. The molecule has 0 fully saturated rings. The molecule has 1 aliphatic rings. The van der Waals surface area contributed by atoms with Crippen molar-refractivity contribution in [2.75, 3.05) is 11.9 Å². The number of hydrogen-bond acceptors (Lipinski definition) is 4.